The third-order valence-electron chi connectivity index (χ3n) is 3.26. The molecular formula is C16H16F3NO2S. The van der Waals surface area contributed by atoms with Crippen molar-refractivity contribution < 1.29 is 23.1 Å². The topological polar surface area (TPSA) is 40.5 Å². The predicted octanol–water partition coefficient (Wildman–Crippen LogP) is 3.87. The molecule has 1 heterocycles. The van der Waals surface area contributed by atoms with Gasteiger partial charge in [-0.2, -0.15) is 0 Å². The molecule has 1 amide bonds. The van der Waals surface area contributed by atoms with Crippen molar-refractivity contribution >= 4 is 23.4 Å². The van der Waals surface area contributed by atoms with Crippen LogP contribution in [0.2, 0.25) is 0 Å². The molecule has 0 fully saturated rings. The highest BCUT2D eigenvalue weighted by atomic mass is 32.2. The van der Waals surface area contributed by atoms with E-state index in [0.29, 0.717) is 11.4 Å². The standard InChI is InChI=1S/C16H16F3NO2S/c1-3-23-13(12(17)14(18)19)11-9-16(2,22)20(15(11)21)10-7-5-4-6-8-10/h4-9,14,22H,3H2,1-2H3/b13-12+. The van der Waals surface area contributed by atoms with E-state index >= 15 is 0 Å². The van der Waals surface area contributed by atoms with Crippen LogP contribution in [0.1, 0.15) is 13.8 Å². The van der Waals surface area contributed by atoms with Crippen molar-refractivity contribution in [3.05, 3.63) is 52.7 Å². The number of hydrogen-bond donors (Lipinski definition) is 1. The number of carbonyl (C=O) groups excluding carboxylic acids is 1. The van der Waals surface area contributed by atoms with Crippen LogP contribution in [0.5, 0.6) is 0 Å². The number of benzene rings is 1. The Labute approximate surface area is 136 Å². The van der Waals surface area contributed by atoms with Crippen molar-refractivity contribution in [2.75, 3.05) is 10.7 Å². The number of amides is 1. The van der Waals surface area contributed by atoms with Gasteiger partial charge in [0.05, 0.1) is 10.5 Å². The largest absolute Gasteiger partial charge is 0.367 e. The Morgan fingerprint density at radius 2 is 1.96 bits per heavy atom. The summed E-state index contributed by atoms with van der Waals surface area (Å²) in [7, 11) is 0. The highest BCUT2D eigenvalue weighted by Gasteiger charge is 2.43. The van der Waals surface area contributed by atoms with Crippen LogP contribution in [-0.4, -0.2) is 28.9 Å². The Bertz CT molecular complexity index is 657. The minimum Gasteiger partial charge on any atom is -0.367 e. The van der Waals surface area contributed by atoms with Gasteiger partial charge < -0.3 is 5.11 Å². The summed E-state index contributed by atoms with van der Waals surface area (Å²) in [6.07, 6.45) is -2.20. The molecule has 2 rings (SSSR count). The third-order valence-corrected chi connectivity index (χ3v) is 4.25. The van der Waals surface area contributed by atoms with Crippen molar-refractivity contribution in [3.63, 3.8) is 0 Å². The fourth-order valence-electron chi connectivity index (χ4n) is 2.36. The highest BCUT2D eigenvalue weighted by Crippen LogP contribution is 2.40. The molecule has 1 unspecified atom stereocenters. The van der Waals surface area contributed by atoms with Crippen LogP contribution in [0.25, 0.3) is 0 Å². The van der Waals surface area contributed by atoms with Gasteiger partial charge in [0.15, 0.2) is 11.6 Å². The maximum absolute atomic E-state index is 13.8. The zero-order chi connectivity index (χ0) is 17.2. The minimum absolute atomic E-state index is 0.247. The zero-order valence-corrected chi connectivity index (χ0v) is 13.4. The third kappa shape index (κ3) is 3.45. The van der Waals surface area contributed by atoms with Gasteiger partial charge in [0.25, 0.3) is 12.3 Å². The summed E-state index contributed by atoms with van der Waals surface area (Å²) in [5.74, 6) is -2.05. The summed E-state index contributed by atoms with van der Waals surface area (Å²) in [5, 5.41) is 10.5. The average molecular weight is 343 g/mol. The van der Waals surface area contributed by atoms with Gasteiger partial charge in [-0.25, -0.2) is 13.2 Å². The summed E-state index contributed by atoms with van der Waals surface area (Å²) in [5.41, 5.74) is -1.58. The Hall–Kier alpha value is -1.73. The molecule has 0 spiro atoms. The second-order valence-corrected chi connectivity index (χ2v) is 6.31. The smallest absolute Gasteiger partial charge is 0.290 e. The number of nitrogens with zero attached hydrogens (tertiary/aromatic N) is 1. The van der Waals surface area contributed by atoms with Gasteiger partial charge in [-0.1, -0.05) is 25.1 Å². The van der Waals surface area contributed by atoms with E-state index in [-0.39, 0.29) is 5.57 Å². The second kappa shape index (κ2) is 6.80. The van der Waals surface area contributed by atoms with Crippen LogP contribution in [-0.2, 0) is 4.79 Å². The summed E-state index contributed by atoms with van der Waals surface area (Å²) in [6, 6.07) is 8.29. The number of hydrogen-bond acceptors (Lipinski definition) is 3. The molecule has 0 aromatic heterocycles. The number of aliphatic hydroxyl groups is 1. The van der Waals surface area contributed by atoms with Crippen molar-refractivity contribution in [3.8, 4) is 0 Å². The van der Waals surface area contributed by atoms with E-state index in [2.05, 4.69) is 0 Å². The molecule has 1 aromatic rings. The monoisotopic (exact) mass is 343 g/mol. The summed E-state index contributed by atoms with van der Waals surface area (Å²) >= 11 is 0.810. The molecule has 1 N–H and O–H groups in total. The Morgan fingerprint density at radius 3 is 2.48 bits per heavy atom. The molecule has 1 aromatic carbocycles. The number of rotatable bonds is 5. The van der Waals surface area contributed by atoms with E-state index in [1.165, 1.54) is 6.92 Å². The summed E-state index contributed by atoms with van der Waals surface area (Å²) < 4.78 is 39.3. The Balaban J connectivity index is 2.49. The number of anilines is 1. The van der Waals surface area contributed by atoms with Crippen molar-refractivity contribution in [1.29, 1.82) is 0 Å². The number of alkyl halides is 2. The molecule has 1 aliphatic rings. The Kier molecular flexibility index (Phi) is 5.21. The molecule has 0 saturated heterocycles. The van der Waals surface area contributed by atoms with Crippen molar-refractivity contribution in [1.82, 2.24) is 0 Å². The van der Waals surface area contributed by atoms with E-state index in [9.17, 15) is 23.1 Å². The van der Waals surface area contributed by atoms with Crippen LogP contribution >= 0.6 is 11.8 Å². The van der Waals surface area contributed by atoms with E-state index < -0.39 is 28.8 Å². The predicted molar refractivity (Wildman–Crippen MR) is 84.9 cm³/mol. The summed E-state index contributed by atoms with van der Waals surface area (Å²) in [6.45, 7) is 3.01. The molecule has 0 saturated carbocycles. The van der Waals surface area contributed by atoms with E-state index in [0.717, 1.165) is 22.7 Å². The molecule has 0 bridgehead atoms. The highest BCUT2D eigenvalue weighted by molar-refractivity contribution is 8.03. The first-order valence-electron chi connectivity index (χ1n) is 6.95. The zero-order valence-electron chi connectivity index (χ0n) is 12.6. The molecule has 1 aliphatic heterocycles. The van der Waals surface area contributed by atoms with Gasteiger partial charge in [-0.05, 0) is 30.9 Å². The Morgan fingerprint density at radius 1 is 1.35 bits per heavy atom. The maximum atomic E-state index is 13.8. The molecule has 3 nitrogen and oxygen atoms in total. The lowest BCUT2D eigenvalue weighted by atomic mass is 10.2. The molecule has 0 radical (unpaired) electrons. The van der Waals surface area contributed by atoms with Gasteiger partial charge >= 0.3 is 0 Å². The van der Waals surface area contributed by atoms with Crippen molar-refractivity contribution in [2.45, 2.75) is 26.0 Å². The van der Waals surface area contributed by atoms with Gasteiger partial charge in [-0.3, -0.25) is 9.69 Å². The van der Waals surface area contributed by atoms with Gasteiger partial charge in [-0.15, -0.1) is 11.8 Å². The molecule has 124 valence electrons. The lowest BCUT2D eigenvalue weighted by molar-refractivity contribution is -0.116. The van der Waals surface area contributed by atoms with Gasteiger partial charge in [0, 0.05) is 5.69 Å². The minimum atomic E-state index is -3.31. The van der Waals surface area contributed by atoms with Crippen LogP contribution in [0.15, 0.2) is 52.7 Å². The fourth-order valence-corrected chi connectivity index (χ4v) is 3.18. The van der Waals surface area contributed by atoms with Crippen LogP contribution < -0.4 is 4.90 Å². The van der Waals surface area contributed by atoms with E-state index in [4.69, 9.17) is 0 Å². The fraction of sp³-hybridized carbons (Fsp3) is 0.312. The quantitative estimate of drug-likeness (QED) is 0.882. The van der Waals surface area contributed by atoms with E-state index in [1.807, 2.05) is 0 Å². The first-order chi connectivity index (χ1) is 10.8. The van der Waals surface area contributed by atoms with Crippen LogP contribution in [0, 0.1) is 0 Å². The van der Waals surface area contributed by atoms with E-state index in [1.54, 1.807) is 37.3 Å². The molecule has 23 heavy (non-hydrogen) atoms. The normalized spacial score (nSPS) is 22.5. The van der Waals surface area contributed by atoms with Crippen molar-refractivity contribution in [2.24, 2.45) is 0 Å². The SMILES string of the molecule is CCS/C(C1=CC(C)(O)N(c2ccccc2)C1=O)=C(/F)C(F)F. The summed E-state index contributed by atoms with van der Waals surface area (Å²) in [4.78, 5) is 13.2. The first kappa shape index (κ1) is 17.6. The molecular weight excluding hydrogens is 327 g/mol. The maximum Gasteiger partial charge on any atom is 0.290 e. The second-order valence-electron chi connectivity index (χ2n) is 5.04. The average Bonchev–Trinajstić information content (AvgIpc) is 2.74. The lowest BCUT2D eigenvalue weighted by Gasteiger charge is -2.29. The van der Waals surface area contributed by atoms with Crippen LogP contribution in [0.4, 0.5) is 18.9 Å². The molecule has 7 heteroatoms. The van der Waals surface area contributed by atoms with Gasteiger partial charge in [0.2, 0.25) is 0 Å². The number of thioether (sulfide) groups is 1. The number of halogens is 3. The number of para-hydroxylation sites is 1. The van der Waals surface area contributed by atoms with Gasteiger partial charge in [0.1, 0.15) is 0 Å². The molecule has 0 aliphatic carbocycles. The number of carbonyl (C=O) groups is 1. The lowest BCUT2D eigenvalue weighted by Crippen LogP contribution is -2.44. The molecule has 1 atom stereocenters. The number of allylic oxidation sites excluding steroid dienone is 1. The first-order valence-corrected chi connectivity index (χ1v) is 7.94. The van der Waals surface area contributed by atoms with Crippen LogP contribution in [0.3, 0.4) is 0 Å².